The predicted octanol–water partition coefficient (Wildman–Crippen LogP) is 2.57. The molecule has 1 aliphatic carbocycles. The molecular weight excluding hydrogens is 314 g/mol. The Hall–Kier alpha value is -1.40. The first-order chi connectivity index (χ1) is 11.1. The number of sulfonamides is 1. The van der Waals surface area contributed by atoms with Crippen molar-refractivity contribution in [2.24, 2.45) is 5.92 Å². The van der Waals surface area contributed by atoms with Gasteiger partial charge >= 0.3 is 5.97 Å². The maximum Gasteiger partial charge on any atom is 0.324 e. The molecule has 0 N–H and O–H groups in total. The SMILES string of the molecule is CCCCOC(=O)[C@H]1[C@H]2CC[C@@H](C2)N1S(=O)(=O)c1ccccc1. The van der Waals surface area contributed by atoms with Crippen molar-refractivity contribution in [3.05, 3.63) is 30.3 Å². The summed E-state index contributed by atoms with van der Waals surface area (Å²) in [7, 11) is -3.66. The third kappa shape index (κ3) is 3.02. The molecular formula is C17H23NO4S. The molecule has 3 rings (SSSR count). The van der Waals surface area contributed by atoms with Crippen molar-refractivity contribution in [2.75, 3.05) is 6.61 Å². The number of esters is 1. The number of hydrogen-bond acceptors (Lipinski definition) is 4. The van der Waals surface area contributed by atoms with Crippen LogP contribution in [0.1, 0.15) is 39.0 Å². The van der Waals surface area contributed by atoms with E-state index in [4.69, 9.17) is 4.74 Å². The predicted molar refractivity (Wildman–Crippen MR) is 86.3 cm³/mol. The number of ether oxygens (including phenoxy) is 1. The summed E-state index contributed by atoms with van der Waals surface area (Å²) in [4.78, 5) is 12.7. The molecule has 1 aliphatic heterocycles. The number of piperidine rings is 1. The van der Waals surface area contributed by atoms with Gasteiger partial charge in [-0.15, -0.1) is 0 Å². The molecule has 1 aromatic rings. The smallest absolute Gasteiger partial charge is 0.324 e. The van der Waals surface area contributed by atoms with Crippen molar-refractivity contribution >= 4 is 16.0 Å². The number of hydrogen-bond donors (Lipinski definition) is 0. The fraction of sp³-hybridized carbons (Fsp3) is 0.588. The third-order valence-electron chi connectivity index (χ3n) is 4.83. The van der Waals surface area contributed by atoms with E-state index >= 15 is 0 Å². The summed E-state index contributed by atoms with van der Waals surface area (Å²) in [5.74, 6) is -0.294. The zero-order chi connectivity index (χ0) is 16.4. The Morgan fingerprint density at radius 1 is 1.26 bits per heavy atom. The monoisotopic (exact) mass is 337 g/mol. The maximum atomic E-state index is 13.0. The van der Waals surface area contributed by atoms with Crippen LogP contribution in [0.5, 0.6) is 0 Å². The lowest BCUT2D eigenvalue weighted by Crippen LogP contribution is -2.49. The molecule has 2 aliphatic rings. The Bertz CT molecular complexity index is 658. The van der Waals surface area contributed by atoms with Crippen LogP contribution in [0, 0.1) is 5.92 Å². The first-order valence-corrected chi connectivity index (χ1v) is 9.75. The van der Waals surface area contributed by atoms with Gasteiger partial charge in [-0.05, 0) is 43.7 Å². The normalized spacial score (nSPS) is 27.3. The van der Waals surface area contributed by atoms with E-state index in [0.29, 0.717) is 6.61 Å². The quantitative estimate of drug-likeness (QED) is 0.591. The second kappa shape index (κ2) is 6.61. The van der Waals surface area contributed by atoms with Gasteiger partial charge < -0.3 is 4.74 Å². The summed E-state index contributed by atoms with van der Waals surface area (Å²) in [6.45, 7) is 2.39. The molecule has 3 atom stereocenters. The molecule has 1 saturated heterocycles. The molecule has 0 radical (unpaired) electrons. The standard InChI is InChI=1S/C17H23NO4S/c1-2-3-11-22-17(19)16-13-9-10-14(12-13)18(16)23(20,21)15-7-5-4-6-8-15/h4-8,13-14,16H,2-3,9-12H2,1H3/t13-,14-,16+/m0/s1. The fourth-order valence-electron chi connectivity index (χ4n) is 3.70. The van der Waals surface area contributed by atoms with E-state index < -0.39 is 16.1 Å². The lowest BCUT2D eigenvalue weighted by Gasteiger charge is -2.32. The lowest BCUT2D eigenvalue weighted by atomic mass is 10.0. The largest absolute Gasteiger partial charge is 0.464 e. The van der Waals surface area contributed by atoms with Gasteiger partial charge in [0.05, 0.1) is 11.5 Å². The molecule has 1 saturated carbocycles. The van der Waals surface area contributed by atoms with E-state index in [2.05, 4.69) is 0 Å². The van der Waals surface area contributed by atoms with Gasteiger partial charge in [0.2, 0.25) is 10.0 Å². The summed E-state index contributed by atoms with van der Waals surface area (Å²) >= 11 is 0. The van der Waals surface area contributed by atoms with Gasteiger partial charge in [-0.25, -0.2) is 8.42 Å². The highest BCUT2D eigenvalue weighted by atomic mass is 32.2. The number of fused-ring (bicyclic) bond motifs is 2. The van der Waals surface area contributed by atoms with Gasteiger partial charge in [-0.1, -0.05) is 31.5 Å². The van der Waals surface area contributed by atoms with Crippen LogP contribution < -0.4 is 0 Å². The van der Waals surface area contributed by atoms with Crippen LogP contribution in [-0.2, 0) is 19.6 Å². The first kappa shape index (κ1) is 16.5. The molecule has 1 heterocycles. The number of carbonyl (C=O) groups is 1. The zero-order valence-corrected chi connectivity index (χ0v) is 14.2. The molecule has 126 valence electrons. The van der Waals surface area contributed by atoms with Crippen molar-refractivity contribution in [3.63, 3.8) is 0 Å². The maximum absolute atomic E-state index is 13.0. The van der Waals surface area contributed by atoms with Gasteiger partial charge in [0.15, 0.2) is 0 Å². The minimum atomic E-state index is -3.66. The van der Waals surface area contributed by atoms with E-state index in [-0.39, 0.29) is 22.8 Å². The highest BCUT2D eigenvalue weighted by Gasteiger charge is 2.55. The van der Waals surface area contributed by atoms with Crippen molar-refractivity contribution in [1.29, 1.82) is 0 Å². The molecule has 5 nitrogen and oxygen atoms in total. The second-order valence-electron chi connectivity index (χ2n) is 6.34. The number of rotatable bonds is 6. The zero-order valence-electron chi connectivity index (χ0n) is 13.3. The Morgan fingerprint density at radius 2 is 2.00 bits per heavy atom. The topological polar surface area (TPSA) is 63.7 Å². The van der Waals surface area contributed by atoms with Crippen LogP contribution in [0.2, 0.25) is 0 Å². The van der Waals surface area contributed by atoms with Crippen molar-refractivity contribution in [1.82, 2.24) is 4.31 Å². The van der Waals surface area contributed by atoms with Crippen LogP contribution in [0.25, 0.3) is 0 Å². The van der Waals surface area contributed by atoms with E-state index in [1.54, 1.807) is 30.3 Å². The second-order valence-corrected chi connectivity index (χ2v) is 8.18. The number of nitrogens with zero attached hydrogens (tertiary/aromatic N) is 1. The molecule has 6 heteroatoms. The highest BCUT2D eigenvalue weighted by molar-refractivity contribution is 7.89. The van der Waals surface area contributed by atoms with E-state index in [1.807, 2.05) is 6.92 Å². The number of benzene rings is 1. The van der Waals surface area contributed by atoms with Gasteiger partial charge in [-0.3, -0.25) is 4.79 Å². The molecule has 0 unspecified atom stereocenters. The lowest BCUT2D eigenvalue weighted by molar-refractivity contribution is -0.149. The van der Waals surface area contributed by atoms with Crippen LogP contribution in [-0.4, -0.2) is 37.4 Å². The van der Waals surface area contributed by atoms with Gasteiger partial charge in [0, 0.05) is 6.04 Å². The first-order valence-electron chi connectivity index (χ1n) is 8.31. The molecule has 2 fully saturated rings. The molecule has 0 aromatic heterocycles. The minimum absolute atomic E-state index is 0.0751. The summed E-state index contributed by atoms with van der Waals surface area (Å²) in [6.07, 6.45) is 4.24. The molecule has 2 bridgehead atoms. The molecule has 1 aromatic carbocycles. The molecule has 0 spiro atoms. The van der Waals surface area contributed by atoms with Crippen LogP contribution in [0.4, 0.5) is 0 Å². The van der Waals surface area contributed by atoms with E-state index in [1.165, 1.54) is 4.31 Å². The average Bonchev–Trinajstić information content (AvgIpc) is 3.17. The van der Waals surface area contributed by atoms with Crippen molar-refractivity contribution < 1.29 is 17.9 Å². The fourth-order valence-corrected chi connectivity index (χ4v) is 5.59. The van der Waals surface area contributed by atoms with Gasteiger partial charge in [0.25, 0.3) is 0 Å². The van der Waals surface area contributed by atoms with Crippen molar-refractivity contribution in [2.45, 2.75) is 56.0 Å². The number of carbonyl (C=O) groups excluding carboxylic acids is 1. The van der Waals surface area contributed by atoms with E-state index in [9.17, 15) is 13.2 Å². The third-order valence-corrected chi connectivity index (χ3v) is 6.78. The van der Waals surface area contributed by atoms with Crippen molar-refractivity contribution in [3.8, 4) is 0 Å². The van der Waals surface area contributed by atoms with Crippen LogP contribution in [0.15, 0.2) is 35.2 Å². The number of unbranched alkanes of at least 4 members (excludes halogenated alkanes) is 1. The summed E-state index contributed by atoms with van der Waals surface area (Å²) < 4.78 is 32.7. The Labute approximate surface area is 137 Å². The van der Waals surface area contributed by atoms with Gasteiger partial charge in [-0.2, -0.15) is 4.31 Å². The van der Waals surface area contributed by atoms with Gasteiger partial charge in [0.1, 0.15) is 6.04 Å². The minimum Gasteiger partial charge on any atom is -0.464 e. The summed E-state index contributed by atoms with van der Waals surface area (Å²) in [6, 6.07) is 7.63. The molecule has 0 amide bonds. The Morgan fingerprint density at radius 3 is 2.70 bits per heavy atom. The Balaban J connectivity index is 1.86. The Kier molecular flexibility index (Phi) is 4.73. The van der Waals surface area contributed by atoms with Crippen LogP contribution in [0.3, 0.4) is 0 Å². The summed E-state index contributed by atoms with van der Waals surface area (Å²) in [5, 5.41) is 0. The highest BCUT2D eigenvalue weighted by Crippen LogP contribution is 2.45. The van der Waals surface area contributed by atoms with Crippen LogP contribution >= 0.6 is 0 Å². The average molecular weight is 337 g/mol. The molecule has 23 heavy (non-hydrogen) atoms. The van der Waals surface area contributed by atoms with E-state index in [0.717, 1.165) is 32.1 Å². The summed E-state index contributed by atoms with van der Waals surface area (Å²) in [5.41, 5.74) is 0.